The molecule has 1 fully saturated rings. The van der Waals surface area contributed by atoms with Crippen molar-refractivity contribution in [2.75, 3.05) is 13.7 Å². The third kappa shape index (κ3) is 4.28. The van der Waals surface area contributed by atoms with Crippen LogP contribution in [0.5, 0.6) is 5.75 Å². The molecule has 1 aliphatic heterocycles. The number of para-hydroxylation sites is 1. The van der Waals surface area contributed by atoms with Crippen molar-refractivity contribution in [1.29, 1.82) is 0 Å². The van der Waals surface area contributed by atoms with Gasteiger partial charge in [-0.2, -0.15) is 0 Å². The molecule has 4 rings (SSSR count). The van der Waals surface area contributed by atoms with Crippen molar-refractivity contribution in [1.82, 2.24) is 20.7 Å². The molecule has 1 aliphatic rings. The first-order chi connectivity index (χ1) is 14.2. The highest BCUT2D eigenvalue weighted by atomic mass is 16.5. The number of carbonyl (C=O) groups is 1. The summed E-state index contributed by atoms with van der Waals surface area (Å²) in [6, 6.07) is 18.7. The molecule has 6 nitrogen and oxygen atoms in total. The van der Waals surface area contributed by atoms with Crippen molar-refractivity contribution < 1.29 is 9.53 Å². The highest BCUT2D eigenvalue weighted by Gasteiger charge is 2.35. The Morgan fingerprint density at radius 3 is 2.69 bits per heavy atom. The smallest absolute Gasteiger partial charge is 0.220 e. The molecule has 0 radical (unpaired) electrons. The average molecular weight is 393 g/mol. The van der Waals surface area contributed by atoms with Crippen LogP contribution in [0, 0.1) is 5.92 Å². The molecule has 3 atom stereocenters. The number of benzene rings is 2. The third-order valence-electron chi connectivity index (χ3n) is 5.79. The van der Waals surface area contributed by atoms with E-state index in [9.17, 15) is 4.79 Å². The molecule has 3 aromatic rings. The SMILES string of the molecule is COc1ccc(C2NNC(C)C2CC(=O)NCCn2ccc3ccccc32)cc1. The number of nitrogens with zero attached hydrogens (tertiary/aromatic N) is 1. The maximum atomic E-state index is 12.6. The minimum Gasteiger partial charge on any atom is -0.497 e. The number of hydrogen-bond acceptors (Lipinski definition) is 4. The van der Waals surface area contributed by atoms with Crippen LogP contribution in [0.2, 0.25) is 0 Å². The van der Waals surface area contributed by atoms with Gasteiger partial charge in [0.1, 0.15) is 5.75 Å². The predicted molar refractivity (Wildman–Crippen MR) is 115 cm³/mol. The Bertz CT molecular complexity index is 966. The number of methoxy groups -OCH3 is 1. The largest absolute Gasteiger partial charge is 0.497 e. The Morgan fingerprint density at radius 1 is 1.10 bits per heavy atom. The van der Waals surface area contributed by atoms with E-state index in [0.29, 0.717) is 13.0 Å². The number of nitrogens with one attached hydrogen (secondary N) is 3. The lowest BCUT2D eigenvalue weighted by molar-refractivity contribution is -0.122. The molecule has 29 heavy (non-hydrogen) atoms. The van der Waals surface area contributed by atoms with Gasteiger partial charge in [-0.3, -0.25) is 10.2 Å². The van der Waals surface area contributed by atoms with E-state index in [-0.39, 0.29) is 23.9 Å². The molecule has 152 valence electrons. The molecule has 0 spiro atoms. The van der Waals surface area contributed by atoms with Crippen molar-refractivity contribution in [2.24, 2.45) is 5.92 Å². The molecule has 6 heteroatoms. The summed E-state index contributed by atoms with van der Waals surface area (Å²) >= 11 is 0. The van der Waals surface area contributed by atoms with Crippen LogP contribution in [0.3, 0.4) is 0 Å². The lowest BCUT2D eigenvalue weighted by Crippen LogP contribution is -2.32. The van der Waals surface area contributed by atoms with E-state index in [1.807, 2.05) is 24.3 Å². The summed E-state index contributed by atoms with van der Waals surface area (Å²) in [6.07, 6.45) is 2.55. The lowest BCUT2D eigenvalue weighted by atomic mass is 9.87. The summed E-state index contributed by atoms with van der Waals surface area (Å²) in [5, 5.41) is 4.31. The molecule has 1 saturated heterocycles. The van der Waals surface area contributed by atoms with Crippen LogP contribution in [0.15, 0.2) is 60.8 Å². The second-order valence-electron chi connectivity index (χ2n) is 7.61. The van der Waals surface area contributed by atoms with Gasteiger partial charge >= 0.3 is 0 Å². The fourth-order valence-electron chi connectivity index (χ4n) is 4.10. The Morgan fingerprint density at radius 2 is 1.90 bits per heavy atom. The quantitative estimate of drug-likeness (QED) is 0.578. The first kappa shape index (κ1) is 19.5. The van der Waals surface area contributed by atoms with Gasteiger partial charge in [-0.1, -0.05) is 30.3 Å². The van der Waals surface area contributed by atoms with E-state index < -0.39 is 0 Å². The number of hydrazine groups is 1. The predicted octanol–water partition coefficient (Wildman–Crippen LogP) is 3.01. The van der Waals surface area contributed by atoms with Crippen molar-refractivity contribution in [3.05, 3.63) is 66.4 Å². The van der Waals surface area contributed by atoms with E-state index in [1.165, 1.54) is 10.9 Å². The van der Waals surface area contributed by atoms with Gasteiger partial charge < -0.3 is 14.6 Å². The third-order valence-corrected chi connectivity index (χ3v) is 5.79. The number of hydrogen-bond donors (Lipinski definition) is 3. The first-order valence-corrected chi connectivity index (χ1v) is 10.1. The molecule has 0 bridgehead atoms. The summed E-state index contributed by atoms with van der Waals surface area (Å²) < 4.78 is 7.42. The van der Waals surface area contributed by atoms with E-state index >= 15 is 0 Å². The summed E-state index contributed by atoms with van der Waals surface area (Å²) in [6.45, 7) is 3.49. The molecular weight excluding hydrogens is 364 g/mol. The van der Waals surface area contributed by atoms with Gasteiger partial charge in [0.2, 0.25) is 5.91 Å². The summed E-state index contributed by atoms with van der Waals surface area (Å²) in [5.41, 5.74) is 8.97. The Kier molecular flexibility index (Phi) is 5.83. The van der Waals surface area contributed by atoms with Crippen molar-refractivity contribution in [3.8, 4) is 5.75 Å². The molecule has 3 unspecified atom stereocenters. The maximum Gasteiger partial charge on any atom is 0.220 e. The molecule has 0 aliphatic carbocycles. The number of fused-ring (bicyclic) bond motifs is 1. The highest BCUT2D eigenvalue weighted by molar-refractivity contribution is 5.80. The Hall–Kier alpha value is -2.83. The maximum absolute atomic E-state index is 12.6. The van der Waals surface area contributed by atoms with E-state index in [0.717, 1.165) is 17.9 Å². The van der Waals surface area contributed by atoms with Crippen LogP contribution in [-0.4, -0.2) is 30.2 Å². The van der Waals surface area contributed by atoms with E-state index in [1.54, 1.807) is 7.11 Å². The lowest BCUT2D eigenvalue weighted by Gasteiger charge is -2.21. The standard InChI is InChI=1S/C23H28N4O2/c1-16-20(23(26-25-16)18-7-9-19(29-2)10-8-18)15-22(28)24-12-14-27-13-11-17-5-3-4-6-21(17)27/h3-11,13,16,20,23,25-26H,12,14-15H2,1-2H3,(H,24,28). The molecule has 3 N–H and O–H groups in total. The summed E-state index contributed by atoms with van der Waals surface area (Å²) in [5.74, 6) is 1.10. The molecule has 0 saturated carbocycles. The van der Waals surface area contributed by atoms with Gasteiger partial charge in [-0.05, 0) is 42.1 Å². The van der Waals surface area contributed by atoms with Gasteiger partial charge in [-0.15, -0.1) is 0 Å². The number of aromatic nitrogens is 1. The van der Waals surface area contributed by atoms with Crippen molar-refractivity contribution in [3.63, 3.8) is 0 Å². The van der Waals surface area contributed by atoms with Crippen LogP contribution < -0.4 is 20.9 Å². The summed E-state index contributed by atoms with van der Waals surface area (Å²) in [7, 11) is 1.66. The van der Waals surface area contributed by atoms with Crippen LogP contribution in [0.4, 0.5) is 0 Å². The van der Waals surface area contributed by atoms with Crippen LogP contribution in [-0.2, 0) is 11.3 Å². The summed E-state index contributed by atoms with van der Waals surface area (Å²) in [4.78, 5) is 12.6. The number of rotatable bonds is 7. The fourth-order valence-corrected chi connectivity index (χ4v) is 4.10. The van der Waals surface area contributed by atoms with Crippen LogP contribution in [0.25, 0.3) is 10.9 Å². The fraction of sp³-hybridized carbons (Fsp3) is 0.348. The van der Waals surface area contributed by atoms with Crippen molar-refractivity contribution >= 4 is 16.8 Å². The number of ether oxygens (including phenoxy) is 1. The molecule has 1 aromatic heterocycles. The van der Waals surface area contributed by atoms with Gasteiger partial charge in [0, 0.05) is 43.2 Å². The van der Waals surface area contributed by atoms with Crippen LogP contribution >= 0.6 is 0 Å². The minimum absolute atomic E-state index is 0.0855. The minimum atomic E-state index is 0.0855. The van der Waals surface area contributed by atoms with Crippen LogP contribution in [0.1, 0.15) is 24.9 Å². The monoisotopic (exact) mass is 392 g/mol. The van der Waals surface area contributed by atoms with E-state index in [2.05, 4.69) is 64.2 Å². The Balaban J connectivity index is 1.33. The van der Waals surface area contributed by atoms with Gasteiger partial charge in [0.05, 0.1) is 13.2 Å². The Labute approximate surface area is 171 Å². The average Bonchev–Trinajstić information content (AvgIpc) is 3.32. The molecular formula is C23H28N4O2. The zero-order valence-corrected chi connectivity index (χ0v) is 16.9. The number of carbonyl (C=O) groups excluding carboxylic acids is 1. The second-order valence-corrected chi connectivity index (χ2v) is 7.61. The van der Waals surface area contributed by atoms with Crippen molar-refractivity contribution in [2.45, 2.75) is 32.0 Å². The number of amides is 1. The topological polar surface area (TPSA) is 67.3 Å². The molecule has 2 heterocycles. The highest BCUT2D eigenvalue weighted by Crippen LogP contribution is 2.32. The molecule has 1 amide bonds. The normalized spacial score (nSPS) is 21.4. The molecule has 2 aromatic carbocycles. The first-order valence-electron chi connectivity index (χ1n) is 10.1. The zero-order chi connectivity index (χ0) is 20.2. The second kappa shape index (κ2) is 8.68. The van der Waals surface area contributed by atoms with Gasteiger partial charge in [0.25, 0.3) is 0 Å². The zero-order valence-electron chi connectivity index (χ0n) is 16.9. The van der Waals surface area contributed by atoms with Gasteiger partial charge in [-0.25, -0.2) is 5.43 Å². The van der Waals surface area contributed by atoms with E-state index in [4.69, 9.17) is 4.74 Å². The van der Waals surface area contributed by atoms with Gasteiger partial charge in [0.15, 0.2) is 0 Å².